The molecular formula is C39H39N9O8. The highest BCUT2D eigenvalue weighted by Crippen LogP contribution is 2.29. The van der Waals surface area contributed by atoms with Crippen molar-refractivity contribution in [2.24, 2.45) is 21.1 Å². The van der Waals surface area contributed by atoms with Gasteiger partial charge in [-0.3, -0.25) is 24.2 Å². The fraction of sp³-hybridized carbons (Fsp3) is 0.205. The number of hydrogen-bond acceptors (Lipinski definition) is 11. The number of anilines is 2. The average molecular weight is 762 g/mol. The van der Waals surface area contributed by atoms with Gasteiger partial charge in [-0.1, -0.05) is 38.1 Å². The molecule has 0 bridgehead atoms. The Labute approximate surface area is 318 Å². The first kappa shape index (κ1) is 39.8. The third-order valence-electron chi connectivity index (χ3n) is 7.89. The predicted octanol–water partition coefficient (Wildman–Crippen LogP) is 5.74. The van der Waals surface area contributed by atoms with Crippen molar-refractivity contribution >= 4 is 74.4 Å². The number of Topliss-reactive ketones (excluding diaryl/α,β-unsaturated/α-hetero) is 2. The van der Waals surface area contributed by atoms with Crippen LogP contribution < -0.4 is 31.5 Å². The van der Waals surface area contributed by atoms with Crippen molar-refractivity contribution < 1.29 is 28.7 Å². The smallest absolute Gasteiger partial charge is 0.323 e. The van der Waals surface area contributed by atoms with Gasteiger partial charge in [0, 0.05) is 17.6 Å². The summed E-state index contributed by atoms with van der Waals surface area (Å²) >= 11 is 0. The Morgan fingerprint density at radius 3 is 1.66 bits per heavy atom. The van der Waals surface area contributed by atoms with Crippen LogP contribution in [0, 0.1) is 5.92 Å². The molecule has 56 heavy (non-hydrogen) atoms. The van der Waals surface area contributed by atoms with Crippen LogP contribution in [0.4, 0.5) is 22.7 Å². The lowest BCUT2D eigenvalue weighted by atomic mass is 10.1. The maximum Gasteiger partial charge on any atom is 0.323 e. The third kappa shape index (κ3) is 10.2. The van der Waals surface area contributed by atoms with Crippen LogP contribution in [-0.2, 0) is 19.2 Å². The molecular weight excluding hydrogens is 722 g/mol. The Morgan fingerprint density at radius 2 is 1.12 bits per heavy atom. The number of H-pyrrole nitrogens is 4. The zero-order chi connectivity index (χ0) is 40.2. The highest BCUT2D eigenvalue weighted by atomic mass is 16.5. The number of ketones is 2. The minimum Gasteiger partial charge on any atom is -0.488 e. The number of hydrogen-bond donors (Lipinski definition) is 6. The van der Waals surface area contributed by atoms with E-state index in [1.807, 2.05) is 13.8 Å². The summed E-state index contributed by atoms with van der Waals surface area (Å²) in [6.45, 7) is 6.63. The standard InChI is InChI=1S/C37H33N9O8.C2H6/c1-20(47)24(34(49)39-22-11-13-25-29(17-22)43-36(51)41-25)19-38-27-7-3-5-9-31(27)53-15-16-54-32-10-6-4-8-28(32)45-46-33(21(2)48)35(50)40-23-12-14-26-30(18-23)44-37(52)42-26;1-2/h3-14,17-19,24,33H,15-16H2,1-2H3,(H,39,49)(H,40,50)(H2,41,43,51)(H2,42,44,52);1-2H3. The molecule has 2 aromatic heterocycles. The van der Waals surface area contributed by atoms with Crippen LogP contribution in [0.2, 0.25) is 0 Å². The molecule has 2 unspecified atom stereocenters. The fourth-order valence-corrected chi connectivity index (χ4v) is 5.25. The molecule has 2 amide bonds. The summed E-state index contributed by atoms with van der Waals surface area (Å²) in [5.74, 6) is -2.80. The number of azo groups is 1. The van der Waals surface area contributed by atoms with E-state index in [0.717, 1.165) is 0 Å². The van der Waals surface area contributed by atoms with Gasteiger partial charge in [-0.25, -0.2) is 9.59 Å². The summed E-state index contributed by atoms with van der Waals surface area (Å²) in [6.07, 6.45) is 1.24. The van der Waals surface area contributed by atoms with Gasteiger partial charge in [-0.2, -0.15) is 10.2 Å². The van der Waals surface area contributed by atoms with Crippen molar-refractivity contribution in [1.82, 2.24) is 19.9 Å². The van der Waals surface area contributed by atoms with Gasteiger partial charge < -0.3 is 40.0 Å². The number of rotatable bonds is 15. The first-order chi connectivity index (χ1) is 27.0. The van der Waals surface area contributed by atoms with Crippen molar-refractivity contribution in [3.63, 3.8) is 0 Å². The van der Waals surface area contributed by atoms with Crippen LogP contribution in [0.25, 0.3) is 22.1 Å². The second-order valence-electron chi connectivity index (χ2n) is 11.9. The number of fused-ring (bicyclic) bond motifs is 2. The van der Waals surface area contributed by atoms with E-state index in [9.17, 15) is 28.8 Å². The van der Waals surface area contributed by atoms with Crippen LogP contribution in [0.1, 0.15) is 27.7 Å². The van der Waals surface area contributed by atoms with E-state index in [2.05, 4.69) is 45.8 Å². The van der Waals surface area contributed by atoms with Gasteiger partial charge in [-0.05, 0) is 74.5 Å². The Balaban J connectivity index is 0.00000295. The predicted molar refractivity (Wildman–Crippen MR) is 212 cm³/mol. The number of aliphatic imine (C=N–C) groups is 1. The second-order valence-corrected chi connectivity index (χ2v) is 11.9. The molecule has 0 fully saturated rings. The molecule has 288 valence electrons. The minimum atomic E-state index is -1.45. The molecule has 6 aromatic rings. The number of carbonyl (C=O) groups excluding carboxylic acids is 4. The lowest BCUT2D eigenvalue weighted by molar-refractivity contribution is -0.128. The van der Waals surface area contributed by atoms with Crippen LogP contribution in [0.5, 0.6) is 11.5 Å². The molecule has 0 aliphatic heterocycles. The summed E-state index contributed by atoms with van der Waals surface area (Å²) in [6, 6.07) is 21.6. The Morgan fingerprint density at radius 1 is 0.643 bits per heavy atom. The lowest BCUT2D eigenvalue weighted by Gasteiger charge is -2.13. The normalized spacial score (nSPS) is 12.2. The quantitative estimate of drug-likeness (QED) is 0.0325. The molecule has 17 nitrogen and oxygen atoms in total. The largest absolute Gasteiger partial charge is 0.488 e. The number of para-hydroxylation sites is 3. The highest BCUT2D eigenvalue weighted by Gasteiger charge is 2.24. The second kappa shape index (κ2) is 18.6. The summed E-state index contributed by atoms with van der Waals surface area (Å²) in [7, 11) is 0. The van der Waals surface area contributed by atoms with Crippen LogP contribution >= 0.6 is 0 Å². The van der Waals surface area contributed by atoms with Crippen molar-refractivity contribution in [2.45, 2.75) is 33.7 Å². The Kier molecular flexibility index (Phi) is 13.2. The zero-order valence-corrected chi connectivity index (χ0v) is 30.8. The average Bonchev–Trinajstić information content (AvgIpc) is 3.74. The summed E-state index contributed by atoms with van der Waals surface area (Å²) < 4.78 is 11.8. The van der Waals surface area contributed by atoms with Gasteiger partial charge in [0.25, 0.3) is 5.91 Å². The highest BCUT2D eigenvalue weighted by molar-refractivity contribution is 6.17. The topological polar surface area (TPSA) is 245 Å². The number of aromatic nitrogens is 4. The number of aromatic amines is 4. The minimum absolute atomic E-state index is 0.0557. The van der Waals surface area contributed by atoms with E-state index in [0.29, 0.717) is 50.6 Å². The van der Waals surface area contributed by atoms with Crippen molar-refractivity contribution in [3.05, 3.63) is 106 Å². The molecule has 4 aromatic carbocycles. The molecule has 6 rings (SSSR count). The molecule has 0 radical (unpaired) electrons. The van der Waals surface area contributed by atoms with Crippen molar-refractivity contribution in [3.8, 4) is 11.5 Å². The van der Waals surface area contributed by atoms with Crippen LogP contribution in [-0.4, -0.2) is 68.8 Å². The summed E-state index contributed by atoms with van der Waals surface area (Å²) in [4.78, 5) is 88.7. The van der Waals surface area contributed by atoms with Crippen molar-refractivity contribution in [1.29, 1.82) is 0 Å². The SMILES string of the molecule is CC.CC(=O)C(C=Nc1ccccc1OCCOc1ccccc1N=NC(C(C)=O)C(=O)Nc1ccc2[nH]c(=O)[nH]c2c1)C(=O)Nc1ccc2[nH]c(=O)[nH]c2c1. The number of imidazole rings is 2. The first-order valence-electron chi connectivity index (χ1n) is 17.5. The van der Waals surface area contributed by atoms with Gasteiger partial charge in [0.1, 0.15) is 47.8 Å². The van der Waals surface area contributed by atoms with Gasteiger partial charge in [0.15, 0.2) is 5.78 Å². The van der Waals surface area contributed by atoms with E-state index < -0.39 is 41.0 Å². The molecule has 0 saturated carbocycles. The Bertz CT molecular complexity index is 2370. The molecule has 6 N–H and O–H groups in total. The number of carbonyl (C=O) groups is 4. The van der Waals surface area contributed by atoms with E-state index in [1.54, 1.807) is 84.9 Å². The lowest BCUT2D eigenvalue weighted by Crippen LogP contribution is -2.31. The van der Waals surface area contributed by atoms with Crippen LogP contribution in [0.15, 0.2) is 110 Å². The number of amides is 2. The van der Waals surface area contributed by atoms with Crippen molar-refractivity contribution in [2.75, 3.05) is 23.8 Å². The van der Waals surface area contributed by atoms with E-state index in [4.69, 9.17) is 9.47 Å². The summed E-state index contributed by atoms with van der Waals surface area (Å²) in [5.41, 5.74) is 2.72. The third-order valence-corrected chi connectivity index (χ3v) is 7.89. The Hall–Kier alpha value is -7.43. The van der Waals surface area contributed by atoms with Crippen LogP contribution in [0.3, 0.4) is 0 Å². The fourth-order valence-electron chi connectivity index (χ4n) is 5.25. The maximum atomic E-state index is 13.0. The first-order valence-corrected chi connectivity index (χ1v) is 17.5. The molecule has 0 aliphatic carbocycles. The van der Waals surface area contributed by atoms with Gasteiger partial charge in [0.05, 0.1) is 22.1 Å². The molecule has 2 atom stereocenters. The number of nitrogens with zero attached hydrogens (tertiary/aromatic N) is 3. The number of nitrogens with one attached hydrogen (secondary N) is 6. The molecule has 0 aliphatic rings. The van der Waals surface area contributed by atoms with E-state index in [-0.39, 0.29) is 24.6 Å². The van der Waals surface area contributed by atoms with Gasteiger partial charge in [-0.15, -0.1) is 0 Å². The van der Waals surface area contributed by atoms with E-state index in [1.165, 1.54) is 20.1 Å². The summed E-state index contributed by atoms with van der Waals surface area (Å²) in [5, 5.41) is 13.4. The van der Waals surface area contributed by atoms with E-state index >= 15 is 0 Å². The number of ether oxygens (including phenoxy) is 2. The van der Waals surface area contributed by atoms with Gasteiger partial charge >= 0.3 is 11.4 Å². The molecule has 2 heterocycles. The molecule has 0 spiro atoms. The molecule has 0 saturated heterocycles. The maximum absolute atomic E-state index is 13.0. The monoisotopic (exact) mass is 761 g/mol. The molecule has 17 heteroatoms. The number of benzene rings is 4. The zero-order valence-electron chi connectivity index (χ0n) is 30.8. The van der Waals surface area contributed by atoms with Gasteiger partial charge in [0.2, 0.25) is 11.9 Å².